The van der Waals surface area contributed by atoms with Gasteiger partial charge in [0.25, 0.3) is 0 Å². The van der Waals surface area contributed by atoms with E-state index in [2.05, 4.69) is 10.6 Å². The molecule has 5 heteroatoms. The van der Waals surface area contributed by atoms with Gasteiger partial charge in [0.15, 0.2) is 0 Å². The van der Waals surface area contributed by atoms with Crippen LogP contribution < -0.4 is 10.6 Å². The van der Waals surface area contributed by atoms with Crippen molar-refractivity contribution in [1.29, 1.82) is 0 Å². The average Bonchev–Trinajstić information content (AvgIpc) is 2.61. The summed E-state index contributed by atoms with van der Waals surface area (Å²) < 4.78 is 4.88. The maximum absolute atomic E-state index is 11.4. The summed E-state index contributed by atoms with van der Waals surface area (Å²) in [6.07, 6.45) is 3.81. The van der Waals surface area contributed by atoms with E-state index in [-0.39, 0.29) is 5.97 Å². The number of nitrogens with one attached hydrogen (secondary N) is 2. The van der Waals surface area contributed by atoms with Gasteiger partial charge < -0.3 is 15.4 Å². The first kappa shape index (κ1) is 18.3. The number of carbonyl (C=O) groups is 2. The van der Waals surface area contributed by atoms with Gasteiger partial charge in [-0.1, -0.05) is 29.8 Å². The summed E-state index contributed by atoms with van der Waals surface area (Å²) in [6, 6.07) is 13.7. The molecule has 0 saturated carbocycles. The zero-order valence-corrected chi connectivity index (χ0v) is 14.4. The maximum atomic E-state index is 11.4. The topological polar surface area (TPSA) is 67.4 Å². The first-order valence-corrected chi connectivity index (χ1v) is 8.11. The Morgan fingerprint density at radius 3 is 2.80 bits per heavy atom. The van der Waals surface area contributed by atoms with E-state index in [0.717, 1.165) is 28.1 Å². The molecule has 2 rings (SSSR count). The van der Waals surface area contributed by atoms with Crippen molar-refractivity contribution in [2.24, 2.45) is 0 Å². The highest BCUT2D eigenvalue weighted by Crippen LogP contribution is 2.23. The van der Waals surface area contributed by atoms with Crippen LogP contribution >= 0.6 is 0 Å². The summed E-state index contributed by atoms with van der Waals surface area (Å²) in [7, 11) is 0. The normalized spacial score (nSPS) is 10.5. The first-order chi connectivity index (χ1) is 12.1. The van der Waals surface area contributed by atoms with Gasteiger partial charge in [0.2, 0.25) is 6.41 Å². The van der Waals surface area contributed by atoms with Crippen LogP contribution in [0.25, 0.3) is 6.08 Å². The fourth-order valence-electron chi connectivity index (χ4n) is 2.37. The van der Waals surface area contributed by atoms with Crippen LogP contribution in [0.4, 0.5) is 11.4 Å². The highest BCUT2D eigenvalue weighted by Gasteiger charge is 2.04. The third kappa shape index (κ3) is 5.80. The lowest BCUT2D eigenvalue weighted by molar-refractivity contribution is -0.137. The second kappa shape index (κ2) is 9.27. The van der Waals surface area contributed by atoms with E-state index >= 15 is 0 Å². The van der Waals surface area contributed by atoms with E-state index < -0.39 is 0 Å². The average molecular weight is 338 g/mol. The second-order valence-corrected chi connectivity index (χ2v) is 5.50. The number of hydrogen-bond donors (Lipinski definition) is 2. The molecule has 2 aromatic rings. The van der Waals surface area contributed by atoms with Crippen LogP contribution in [0.5, 0.6) is 0 Å². The van der Waals surface area contributed by atoms with Crippen molar-refractivity contribution in [2.75, 3.05) is 11.9 Å². The minimum absolute atomic E-state index is 0.357. The molecule has 0 unspecified atom stereocenters. The quantitative estimate of drug-likeness (QED) is 0.439. The molecule has 0 aliphatic rings. The van der Waals surface area contributed by atoms with E-state index in [1.807, 2.05) is 49.4 Å². The molecule has 1 amide bonds. The summed E-state index contributed by atoms with van der Waals surface area (Å²) in [5.41, 5.74) is 4.82. The lowest BCUT2D eigenvalue weighted by Crippen LogP contribution is -2.11. The van der Waals surface area contributed by atoms with Gasteiger partial charge in [0.05, 0.1) is 6.61 Å². The van der Waals surface area contributed by atoms with Crippen molar-refractivity contribution in [1.82, 2.24) is 5.32 Å². The zero-order chi connectivity index (χ0) is 18.1. The number of esters is 1. The van der Waals surface area contributed by atoms with Crippen molar-refractivity contribution in [2.45, 2.75) is 20.4 Å². The van der Waals surface area contributed by atoms with Gasteiger partial charge in [-0.15, -0.1) is 0 Å². The molecule has 130 valence electrons. The smallest absolute Gasteiger partial charge is 0.330 e. The molecular formula is C20H22N2O3. The molecule has 0 atom stereocenters. The minimum Gasteiger partial charge on any atom is -0.463 e. The van der Waals surface area contributed by atoms with Crippen LogP contribution in [0, 0.1) is 6.92 Å². The SMILES string of the molecule is CCOC(=O)/C=C/c1cccc(Nc2ccc(C)cc2CNC=O)c1. The Bertz CT molecular complexity index is 769. The molecule has 0 aromatic heterocycles. The van der Waals surface area contributed by atoms with Crippen LogP contribution in [-0.2, 0) is 20.9 Å². The van der Waals surface area contributed by atoms with Crippen molar-refractivity contribution in [3.63, 3.8) is 0 Å². The number of amides is 1. The van der Waals surface area contributed by atoms with Crippen molar-refractivity contribution in [3.05, 3.63) is 65.2 Å². The molecule has 5 nitrogen and oxygen atoms in total. The van der Waals surface area contributed by atoms with Gasteiger partial charge >= 0.3 is 5.97 Å². The first-order valence-electron chi connectivity index (χ1n) is 8.11. The molecule has 25 heavy (non-hydrogen) atoms. The molecule has 0 aliphatic heterocycles. The van der Waals surface area contributed by atoms with Crippen LogP contribution in [0.3, 0.4) is 0 Å². The summed E-state index contributed by atoms with van der Waals surface area (Å²) in [5, 5.41) is 6.05. The Morgan fingerprint density at radius 1 is 1.20 bits per heavy atom. The standard InChI is InChI=1S/C20H22N2O3/c1-3-25-20(24)10-8-16-5-4-6-18(12-16)22-19-9-7-15(2)11-17(19)13-21-14-23/h4-12,14,22H,3,13H2,1-2H3,(H,21,23)/b10-8+. The van der Waals surface area contributed by atoms with Crippen LogP contribution in [0.2, 0.25) is 0 Å². The largest absolute Gasteiger partial charge is 0.463 e. The summed E-state index contributed by atoms with van der Waals surface area (Å²) in [6.45, 7) is 4.59. The van der Waals surface area contributed by atoms with E-state index in [1.54, 1.807) is 13.0 Å². The van der Waals surface area contributed by atoms with E-state index in [1.165, 1.54) is 6.08 Å². The van der Waals surface area contributed by atoms with Crippen LogP contribution in [0.15, 0.2) is 48.5 Å². The monoisotopic (exact) mass is 338 g/mol. The number of hydrogen-bond acceptors (Lipinski definition) is 4. The number of benzene rings is 2. The van der Waals surface area contributed by atoms with Crippen molar-refractivity contribution in [3.8, 4) is 0 Å². The molecular weight excluding hydrogens is 316 g/mol. The maximum Gasteiger partial charge on any atom is 0.330 e. The second-order valence-electron chi connectivity index (χ2n) is 5.50. The van der Waals surface area contributed by atoms with Gasteiger partial charge in [-0.25, -0.2) is 4.79 Å². The van der Waals surface area contributed by atoms with E-state index in [9.17, 15) is 9.59 Å². The molecule has 2 aromatic carbocycles. The Morgan fingerprint density at radius 2 is 2.04 bits per heavy atom. The Hall–Kier alpha value is -3.08. The third-order valence-corrected chi connectivity index (χ3v) is 3.50. The third-order valence-electron chi connectivity index (χ3n) is 3.50. The Kier molecular flexibility index (Phi) is 6.77. The van der Waals surface area contributed by atoms with Crippen LogP contribution in [-0.4, -0.2) is 19.0 Å². The van der Waals surface area contributed by atoms with Gasteiger partial charge in [0.1, 0.15) is 0 Å². The predicted molar refractivity (Wildman–Crippen MR) is 99.5 cm³/mol. The summed E-state index contributed by atoms with van der Waals surface area (Å²) >= 11 is 0. The summed E-state index contributed by atoms with van der Waals surface area (Å²) in [5.74, 6) is -0.360. The number of anilines is 2. The molecule has 0 spiro atoms. The Balaban J connectivity index is 2.16. The highest BCUT2D eigenvalue weighted by atomic mass is 16.5. The molecule has 0 bridgehead atoms. The van der Waals surface area contributed by atoms with Crippen molar-refractivity contribution < 1.29 is 14.3 Å². The molecule has 0 fully saturated rings. The fourth-order valence-corrected chi connectivity index (χ4v) is 2.37. The summed E-state index contributed by atoms with van der Waals surface area (Å²) in [4.78, 5) is 22.0. The molecule has 0 radical (unpaired) electrons. The molecule has 2 N–H and O–H groups in total. The lowest BCUT2D eigenvalue weighted by Gasteiger charge is -2.13. The minimum atomic E-state index is -0.360. The van der Waals surface area contributed by atoms with Crippen LogP contribution in [0.1, 0.15) is 23.6 Å². The number of carbonyl (C=O) groups excluding carboxylic acids is 2. The van der Waals surface area contributed by atoms with E-state index in [4.69, 9.17) is 4.74 Å². The molecule has 0 saturated heterocycles. The number of rotatable bonds is 8. The predicted octanol–water partition coefficient (Wildman–Crippen LogP) is 3.56. The lowest BCUT2D eigenvalue weighted by atomic mass is 10.1. The Labute approximate surface area is 147 Å². The fraction of sp³-hybridized carbons (Fsp3) is 0.200. The van der Waals surface area contributed by atoms with Gasteiger partial charge in [0, 0.05) is 24.0 Å². The molecule has 0 heterocycles. The molecule has 0 aliphatic carbocycles. The number of aryl methyl sites for hydroxylation is 1. The van der Waals surface area contributed by atoms with Gasteiger partial charge in [-0.05, 0) is 49.2 Å². The van der Waals surface area contributed by atoms with Crippen molar-refractivity contribution >= 4 is 29.8 Å². The van der Waals surface area contributed by atoms with Gasteiger partial charge in [-0.3, -0.25) is 4.79 Å². The number of ether oxygens (including phenoxy) is 1. The van der Waals surface area contributed by atoms with Gasteiger partial charge in [-0.2, -0.15) is 0 Å². The van der Waals surface area contributed by atoms with E-state index in [0.29, 0.717) is 19.6 Å². The zero-order valence-electron chi connectivity index (χ0n) is 14.4. The highest BCUT2D eigenvalue weighted by molar-refractivity contribution is 5.87.